The number of anilines is 1. The molecule has 1 N–H and O–H groups in total. The third-order valence-electron chi connectivity index (χ3n) is 4.18. The van der Waals surface area contributed by atoms with Crippen LogP contribution in [0.4, 0.5) is 5.69 Å². The first kappa shape index (κ1) is 19.8. The van der Waals surface area contributed by atoms with Crippen LogP contribution in [0.1, 0.15) is 34.1 Å². The second-order valence-electron chi connectivity index (χ2n) is 6.35. The smallest absolute Gasteiger partial charge is 0.228 e. The Morgan fingerprint density at radius 2 is 1.90 bits per heavy atom. The molecule has 3 aromatic rings. The van der Waals surface area contributed by atoms with Crippen molar-refractivity contribution >= 4 is 17.4 Å². The summed E-state index contributed by atoms with van der Waals surface area (Å²) < 4.78 is 5.31. The number of benzene rings is 2. The first-order valence-electron chi connectivity index (χ1n) is 9.06. The Hall–Kier alpha value is -3.91. The first-order chi connectivity index (χ1) is 14.0. The molecule has 0 bridgehead atoms. The maximum atomic E-state index is 12.5. The topological polar surface area (TPSA) is 68.3 Å². The number of nitrogens with one attached hydrogen (secondary N) is 1. The van der Waals surface area contributed by atoms with Crippen molar-refractivity contribution in [2.45, 2.75) is 13.3 Å². The van der Waals surface area contributed by atoms with Crippen molar-refractivity contribution in [3.63, 3.8) is 0 Å². The van der Waals surface area contributed by atoms with Crippen LogP contribution in [0.15, 0.2) is 66.9 Å². The second-order valence-corrected chi connectivity index (χ2v) is 6.35. The number of ketones is 1. The van der Waals surface area contributed by atoms with Crippen LogP contribution in [0, 0.1) is 11.8 Å². The van der Waals surface area contributed by atoms with Crippen LogP contribution >= 0.6 is 0 Å². The molecule has 0 radical (unpaired) electrons. The number of amides is 1. The van der Waals surface area contributed by atoms with Gasteiger partial charge in [-0.15, -0.1) is 0 Å². The molecular formula is C24H20N2O3. The standard InChI is InChI=1S/C24H20N2O3/c1-17(27)19-10-12-23(29-2)20(15-19)16-24(28)26-22-8-5-6-18(14-22)9-11-21-7-3-4-13-25-21/h3-8,10,12-15H,16H2,1-2H3,(H,26,28). The molecule has 0 atom stereocenters. The number of pyridine rings is 1. The number of ether oxygens (including phenoxy) is 1. The average Bonchev–Trinajstić information content (AvgIpc) is 2.73. The van der Waals surface area contributed by atoms with E-state index in [9.17, 15) is 9.59 Å². The van der Waals surface area contributed by atoms with Crippen molar-refractivity contribution < 1.29 is 14.3 Å². The second kappa shape index (κ2) is 9.34. The molecular weight excluding hydrogens is 364 g/mol. The van der Waals surface area contributed by atoms with E-state index in [0.717, 1.165) is 5.56 Å². The fraction of sp³-hybridized carbons (Fsp3) is 0.125. The molecule has 0 saturated heterocycles. The summed E-state index contributed by atoms with van der Waals surface area (Å²) in [4.78, 5) is 28.3. The van der Waals surface area contributed by atoms with Gasteiger partial charge in [0.25, 0.3) is 0 Å². The summed E-state index contributed by atoms with van der Waals surface area (Å²) in [6.45, 7) is 1.49. The number of aromatic nitrogens is 1. The Labute approximate surface area is 169 Å². The van der Waals surface area contributed by atoms with Crippen LogP contribution in [0.5, 0.6) is 5.75 Å². The normalized spacial score (nSPS) is 9.86. The Bertz CT molecular complexity index is 1100. The fourth-order valence-corrected chi connectivity index (χ4v) is 2.76. The van der Waals surface area contributed by atoms with E-state index in [1.807, 2.05) is 30.3 Å². The molecule has 0 aliphatic heterocycles. The van der Waals surface area contributed by atoms with Crippen LogP contribution in [0.3, 0.4) is 0 Å². The maximum Gasteiger partial charge on any atom is 0.228 e. The molecule has 1 aromatic heterocycles. The van der Waals surface area contributed by atoms with E-state index in [0.29, 0.717) is 28.3 Å². The molecule has 0 spiro atoms. The van der Waals surface area contributed by atoms with Crippen LogP contribution < -0.4 is 10.1 Å². The van der Waals surface area contributed by atoms with Gasteiger partial charge in [0.05, 0.1) is 13.5 Å². The summed E-state index contributed by atoms with van der Waals surface area (Å²) in [7, 11) is 1.54. The highest BCUT2D eigenvalue weighted by Gasteiger charge is 2.12. The van der Waals surface area contributed by atoms with E-state index >= 15 is 0 Å². The van der Waals surface area contributed by atoms with Gasteiger partial charge in [-0.25, -0.2) is 4.98 Å². The number of carbonyl (C=O) groups is 2. The van der Waals surface area contributed by atoms with Gasteiger partial charge >= 0.3 is 0 Å². The summed E-state index contributed by atoms with van der Waals surface area (Å²) >= 11 is 0. The number of Topliss-reactive ketones (excluding diaryl/α,β-unsaturated/α-hetero) is 1. The summed E-state index contributed by atoms with van der Waals surface area (Å²) in [6, 6.07) is 17.9. The van der Waals surface area contributed by atoms with Crippen LogP contribution in [-0.4, -0.2) is 23.8 Å². The van der Waals surface area contributed by atoms with Crippen molar-refractivity contribution in [3.05, 3.63) is 89.2 Å². The van der Waals surface area contributed by atoms with Gasteiger partial charge < -0.3 is 10.1 Å². The molecule has 144 valence electrons. The van der Waals surface area contributed by atoms with Crippen molar-refractivity contribution in [2.75, 3.05) is 12.4 Å². The van der Waals surface area contributed by atoms with Gasteiger partial charge in [0, 0.05) is 28.6 Å². The molecule has 0 aliphatic rings. The first-order valence-corrected chi connectivity index (χ1v) is 9.06. The van der Waals surface area contributed by atoms with E-state index in [2.05, 4.69) is 22.1 Å². The lowest BCUT2D eigenvalue weighted by molar-refractivity contribution is -0.115. The van der Waals surface area contributed by atoms with E-state index in [4.69, 9.17) is 4.74 Å². The number of carbonyl (C=O) groups excluding carboxylic acids is 2. The summed E-state index contributed by atoms with van der Waals surface area (Å²) in [5.74, 6) is 6.33. The number of hydrogen-bond acceptors (Lipinski definition) is 4. The third-order valence-corrected chi connectivity index (χ3v) is 4.18. The predicted molar refractivity (Wildman–Crippen MR) is 112 cm³/mol. The van der Waals surface area contributed by atoms with Gasteiger partial charge in [-0.3, -0.25) is 9.59 Å². The molecule has 0 aliphatic carbocycles. The number of rotatable bonds is 5. The van der Waals surface area contributed by atoms with E-state index in [-0.39, 0.29) is 18.1 Å². The molecule has 0 unspecified atom stereocenters. The number of methoxy groups -OCH3 is 1. The highest BCUT2D eigenvalue weighted by Crippen LogP contribution is 2.21. The summed E-state index contributed by atoms with van der Waals surface area (Å²) in [5.41, 5.74) is 3.29. The van der Waals surface area contributed by atoms with Gasteiger partial charge in [0.15, 0.2) is 5.78 Å². The molecule has 1 heterocycles. The zero-order chi connectivity index (χ0) is 20.6. The molecule has 5 nitrogen and oxygen atoms in total. The van der Waals surface area contributed by atoms with E-state index in [1.54, 1.807) is 36.5 Å². The molecule has 0 fully saturated rings. The van der Waals surface area contributed by atoms with Crippen LogP contribution in [0.2, 0.25) is 0 Å². The van der Waals surface area contributed by atoms with Gasteiger partial charge in [-0.2, -0.15) is 0 Å². The minimum atomic E-state index is -0.209. The fourth-order valence-electron chi connectivity index (χ4n) is 2.76. The molecule has 5 heteroatoms. The van der Waals surface area contributed by atoms with E-state index < -0.39 is 0 Å². The molecule has 29 heavy (non-hydrogen) atoms. The Morgan fingerprint density at radius 1 is 1.03 bits per heavy atom. The molecule has 0 saturated carbocycles. The predicted octanol–water partition coefficient (Wildman–Crippen LogP) is 3.87. The lowest BCUT2D eigenvalue weighted by Crippen LogP contribution is -2.15. The lowest BCUT2D eigenvalue weighted by Gasteiger charge is -2.10. The van der Waals surface area contributed by atoms with Gasteiger partial charge in [0.2, 0.25) is 5.91 Å². The zero-order valence-corrected chi connectivity index (χ0v) is 16.2. The number of nitrogens with zero attached hydrogens (tertiary/aromatic N) is 1. The molecule has 2 aromatic carbocycles. The number of hydrogen-bond donors (Lipinski definition) is 1. The van der Waals surface area contributed by atoms with Crippen molar-refractivity contribution in [1.82, 2.24) is 4.98 Å². The monoisotopic (exact) mass is 384 g/mol. The maximum absolute atomic E-state index is 12.5. The Balaban J connectivity index is 1.73. The van der Waals surface area contributed by atoms with Crippen molar-refractivity contribution in [3.8, 4) is 17.6 Å². The summed E-state index contributed by atoms with van der Waals surface area (Å²) in [5, 5.41) is 2.87. The van der Waals surface area contributed by atoms with Gasteiger partial charge in [0.1, 0.15) is 11.4 Å². The average molecular weight is 384 g/mol. The Kier molecular flexibility index (Phi) is 6.39. The SMILES string of the molecule is COc1ccc(C(C)=O)cc1CC(=O)Nc1cccc(C#Cc2ccccn2)c1. The van der Waals surface area contributed by atoms with Crippen LogP contribution in [0.25, 0.3) is 0 Å². The van der Waals surface area contributed by atoms with E-state index in [1.165, 1.54) is 14.0 Å². The quantitative estimate of drug-likeness (QED) is 0.536. The molecule has 1 amide bonds. The molecule has 3 rings (SSSR count). The highest BCUT2D eigenvalue weighted by atomic mass is 16.5. The largest absolute Gasteiger partial charge is 0.496 e. The zero-order valence-electron chi connectivity index (χ0n) is 16.2. The van der Waals surface area contributed by atoms with Gasteiger partial charge in [-0.1, -0.05) is 18.1 Å². The van der Waals surface area contributed by atoms with Gasteiger partial charge in [-0.05, 0) is 61.4 Å². The lowest BCUT2D eigenvalue weighted by atomic mass is 10.0. The Morgan fingerprint density at radius 3 is 2.62 bits per heavy atom. The summed E-state index contributed by atoms with van der Waals surface area (Å²) in [6.07, 6.45) is 1.78. The van der Waals surface area contributed by atoms with Crippen molar-refractivity contribution in [1.29, 1.82) is 0 Å². The minimum Gasteiger partial charge on any atom is -0.496 e. The minimum absolute atomic E-state index is 0.0616. The third kappa shape index (κ3) is 5.53. The highest BCUT2D eigenvalue weighted by molar-refractivity contribution is 5.96. The van der Waals surface area contributed by atoms with Crippen molar-refractivity contribution in [2.24, 2.45) is 0 Å². The van der Waals surface area contributed by atoms with Crippen LogP contribution in [-0.2, 0) is 11.2 Å².